The Bertz CT molecular complexity index is 1440. The van der Waals surface area contributed by atoms with E-state index in [4.69, 9.17) is 10.8 Å². The molecule has 0 spiro atoms. The van der Waals surface area contributed by atoms with Gasteiger partial charge in [-0.3, -0.25) is 24.0 Å². The van der Waals surface area contributed by atoms with Crippen molar-refractivity contribution >= 4 is 46.5 Å². The Kier molecular flexibility index (Phi) is 10.7. The van der Waals surface area contributed by atoms with Gasteiger partial charge in [-0.1, -0.05) is 18.2 Å². The highest BCUT2D eigenvalue weighted by molar-refractivity contribution is 5.95. The summed E-state index contributed by atoms with van der Waals surface area (Å²) in [7, 11) is 0. The highest BCUT2D eigenvalue weighted by Crippen LogP contribution is 2.19. The maximum atomic E-state index is 13.4. The molecule has 10 N–H and O–H groups in total. The molecule has 3 amide bonds. The van der Waals surface area contributed by atoms with Crippen molar-refractivity contribution in [2.75, 3.05) is 0 Å². The van der Waals surface area contributed by atoms with E-state index in [1.807, 2.05) is 0 Å². The van der Waals surface area contributed by atoms with Gasteiger partial charge in [0.15, 0.2) is 0 Å². The van der Waals surface area contributed by atoms with Crippen LogP contribution in [0.1, 0.15) is 30.5 Å². The van der Waals surface area contributed by atoms with Gasteiger partial charge in [-0.15, -0.1) is 0 Å². The Labute approximate surface area is 238 Å². The molecule has 3 rings (SSSR count). The van der Waals surface area contributed by atoms with Crippen LogP contribution in [0.15, 0.2) is 43.0 Å². The lowest BCUT2D eigenvalue weighted by atomic mass is 10.0. The number of imidazole rings is 1. The molecule has 0 aliphatic heterocycles. The number of hydrogen-bond donors (Lipinski definition) is 9. The molecule has 0 saturated heterocycles. The van der Waals surface area contributed by atoms with Gasteiger partial charge >= 0.3 is 17.9 Å². The van der Waals surface area contributed by atoms with E-state index in [1.54, 1.807) is 30.5 Å². The predicted molar refractivity (Wildman–Crippen MR) is 145 cm³/mol. The smallest absolute Gasteiger partial charge is 0.326 e. The first-order chi connectivity index (χ1) is 19.9. The third-order valence-corrected chi connectivity index (χ3v) is 6.34. The van der Waals surface area contributed by atoms with E-state index >= 15 is 0 Å². The summed E-state index contributed by atoms with van der Waals surface area (Å²) in [5, 5.41) is 35.3. The van der Waals surface area contributed by atoms with Crippen molar-refractivity contribution in [3.05, 3.63) is 54.2 Å². The number of H-pyrrole nitrogens is 2. The largest absolute Gasteiger partial charge is 0.481 e. The second kappa shape index (κ2) is 14.4. The number of carbonyl (C=O) groups excluding carboxylic acids is 3. The first kappa shape index (κ1) is 31.3. The molecular formula is C26H31N7O9. The fourth-order valence-corrected chi connectivity index (χ4v) is 4.19. The minimum absolute atomic E-state index is 0.0465. The number of carboxylic acid groups (broad SMARTS) is 3. The number of rotatable bonds is 16. The third kappa shape index (κ3) is 8.88. The molecule has 16 heteroatoms. The molecule has 2 heterocycles. The van der Waals surface area contributed by atoms with Crippen molar-refractivity contribution in [1.82, 2.24) is 30.9 Å². The van der Waals surface area contributed by atoms with Crippen LogP contribution in [0.4, 0.5) is 0 Å². The second-order valence-corrected chi connectivity index (χ2v) is 9.50. The maximum absolute atomic E-state index is 13.4. The summed E-state index contributed by atoms with van der Waals surface area (Å²) in [6.45, 7) is 0. The lowest BCUT2D eigenvalue weighted by Gasteiger charge is -2.25. The van der Waals surface area contributed by atoms with Crippen LogP contribution in [0.25, 0.3) is 10.9 Å². The number of aromatic amines is 2. The van der Waals surface area contributed by atoms with E-state index in [1.165, 1.54) is 12.5 Å². The van der Waals surface area contributed by atoms with Crippen LogP contribution in [-0.2, 0) is 41.6 Å². The van der Waals surface area contributed by atoms with E-state index < -0.39 is 72.6 Å². The fraction of sp³-hybridized carbons (Fsp3) is 0.346. The molecule has 1 aromatic carbocycles. The van der Waals surface area contributed by atoms with Gasteiger partial charge in [0.25, 0.3) is 0 Å². The van der Waals surface area contributed by atoms with Gasteiger partial charge in [0.05, 0.1) is 18.8 Å². The molecule has 224 valence electrons. The highest BCUT2D eigenvalue weighted by atomic mass is 16.4. The zero-order valence-corrected chi connectivity index (χ0v) is 22.2. The monoisotopic (exact) mass is 585 g/mol. The Morgan fingerprint density at radius 2 is 1.50 bits per heavy atom. The molecule has 4 atom stereocenters. The molecule has 0 bridgehead atoms. The number of hydrogen-bond acceptors (Lipinski definition) is 8. The molecule has 2 aromatic heterocycles. The molecule has 0 radical (unpaired) electrons. The Hall–Kier alpha value is -5.25. The van der Waals surface area contributed by atoms with E-state index in [0.717, 1.165) is 5.52 Å². The van der Waals surface area contributed by atoms with Crippen molar-refractivity contribution in [2.24, 2.45) is 5.73 Å². The molecule has 42 heavy (non-hydrogen) atoms. The van der Waals surface area contributed by atoms with E-state index in [2.05, 4.69) is 30.9 Å². The summed E-state index contributed by atoms with van der Waals surface area (Å²) in [6, 6.07) is 1.31. The summed E-state index contributed by atoms with van der Waals surface area (Å²) in [5.41, 5.74) is 7.80. The van der Waals surface area contributed by atoms with Gasteiger partial charge in [-0.25, -0.2) is 9.78 Å². The van der Waals surface area contributed by atoms with Crippen LogP contribution >= 0.6 is 0 Å². The Morgan fingerprint density at radius 3 is 2.14 bits per heavy atom. The van der Waals surface area contributed by atoms with Crippen LogP contribution in [0.3, 0.4) is 0 Å². The number of nitrogens with one attached hydrogen (secondary N) is 5. The normalized spacial score (nSPS) is 13.8. The first-order valence-electron chi connectivity index (χ1n) is 12.8. The van der Waals surface area contributed by atoms with Gasteiger partial charge in [0, 0.05) is 48.3 Å². The summed E-state index contributed by atoms with van der Waals surface area (Å²) >= 11 is 0. The summed E-state index contributed by atoms with van der Waals surface area (Å²) in [4.78, 5) is 83.0. The number of carboxylic acids is 3. The number of fused-ring (bicyclic) bond motifs is 1. The number of benzene rings is 1. The van der Waals surface area contributed by atoms with Crippen molar-refractivity contribution in [3.63, 3.8) is 0 Å². The van der Waals surface area contributed by atoms with E-state index in [0.29, 0.717) is 16.6 Å². The Morgan fingerprint density at radius 1 is 0.833 bits per heavy atom. The van der Waals surface area contributed by atoms with Crippen molar-refractivity contribution in [3.8, 4) is 0 Å². The molecule has 3 aromatic rings. The average Bonchev–Trinajstić information content (AvgIpc) is 3.59. The molecule has 4 unspecified atom stereocenters. The van der Waals surface area contributed by atoms with Crippen LogP contribution in [0.5, 0.6) is 0 Å². The minimum Gasteiger partial charge on any atom is -0.481 e. The average molecular weight is 586 g/mol. The zero-order valence-electron chi connectivity index (χ0n) is 22.2. The molecule has 0 fully saturated rings. The topological polar surface area (TPSA) is 270 Å². The number of aliphatic carboxylic acids is 3. The van der Waals surface area contributed by atoms with E-state index in [9.17, 15) is 39.0 Å². The number of nitrogens with zero attached hydrogens (tertiary/aromatic N) is 1. The number of nitrogens with two attached hydrogens (primary N) is 1. The Balaban J connectivity index is 1.83. The van der Waals surface area contributed by atoms with Gasteiger partial charge in [-0.2, -0.15) is 0 Å². The number of para-hydroxylation sites is 1. The van der Waals surface area contributed by atoms with Crippen LogP contribution in [-0.4, -0.2) is 90.1 Å². The quantitative estimate of drug-likeness (QED) is 0.0971. The maximum Gasteiger partial charge on any atom is 0.326 e. The highest BCUT2D eigenvalue weighted by Gasteiger charge is 2.32. The van der Waals surface area contributed by atoms with Gasteiger partial charge in [0.1, 0.15) is 18.1 Å². The van der Waals surface area contributed by atoms with Gasteiger partial charge in [0.2, 0.25) is 17.7 Å². The molecule has 0 saturated carbocycles. The van der Waals surface area contributed by atoms with Gasteiger partial charge in [-0.05, 0) is 18.1 Å². The van der Waals surface area contributed by atoms with Crippen LogP contribution in [0, 0.1) is 0 Å². The second-order valence-electron chi connectivity index (χ2n) is 9.50. The van der Waals surface area contributed by atoms with Gasteiger partial charge < -0.3 is 47.0 Å². The predicted octanol–water partition coefficient (Wildman–Crippen LogP) is -1.12. The molecule has 0 aliphatic carbocycles. The lowest BCUT2D eigenvalue weighted by Crippen LogP contribution is -2.58. The zero-order chi connectivity index (χ0) is 30.8. The van der Waals surface area contributed by atoms with Crippen molar-refractivity contribution in [1.29, 1.82) is 0 Å². The molecule has 0 aliphatic rings. The first-order valence-corrected chi connectivity index (χ1v) is 12.8. The fourth-order valence-electron chi connectivity index (χ4n) is 4.19. The lowest BCUT2D eigenvalue weighted by molar-refractivity contribution is -0.147. The summed E-state index contributed by atoms with van der Waals surface area (Å²) < 4.78 is 0. The summed E-state index contributed by atoms with van der Waals surface area (Å²) in [5.74, 6) is -7.00. The van der Waals surface area contributed by atoms with Crippen LogP contribution in [0.2, 0.25) is 0 Å². The summed E-state index contributed by atoms with van der Waals surface area (Å²) in [6.07, 6.45) is 2.58. The standard InChI is InChI=1S/C26H31N7O9/c27-16(8-14-11-28-12-30-14)23(38)31-18(5-6-21(34)35)24(39)32-19(25(40)33-20(26(41)42)9-22(36)37)7-13-10-29-17-4-2-1-3-15(13)17/h1-4,10-12,16,18-20,29H,5-9,27H2,(H,28,30)(H,31,38)(H,32,39)(H,33,40)(H,34,35)(H,36,37)(H,41,42). The van der Waals surface area contributed by atoms with Crippen molar-refractivity contribution < 1.29 is 44.1 Å². The number of amides is 3. The SMILES string of the molecule is NC(Cc1cnc[nH]1)C(=O)NC(CCC(=O)O)C(=O)NC(Cc1c[nH]c2ccccc12)C(=O)NC(CC(=O)O)C(=O)O. The van der Waals surface area contributed by atoms with Crippen LogP contribution < -0.4 is 21.7 Å². The van der Waals surface area contributed by atoms with E-state index in [-0.39, 0.29) is 19.3 Å². The molecule has 16 nitrogen and oxygen atoms in total. The molecular weight excluding hydrogens is 554 g/mol. The number of aromatic nitrogens is 3. The number of carbonyl (C=O) groups is 6. The third-order valence-electron chi connectivity index (χ3n) is 6.34. The minimum atomic E-state index is -1.79. The van der Waals surface area contributed by atoms with Crippen molar-refractivity contribution in [2.45, 2.75) is 56.3 Å².